The number of amides is 1. The van der Waals surface area contributed by atoms with Gasteiger partial charge < -0.3 is 10.2 Å². The molecule has 1 aromatic carbocycles. The zero-order valence-corrected chi connectivity index (χ0v) is 13.7. The first-order valence-corrected chi connectivity index (χ1v) is 7.82. The third kappa shape index (κ3) is 5.00. The van der Waals surface area contributed by atoms with E-state index in [0.717, 1.165) is 19.5 Å². The summed E-state index contributed by atoms with van der Waals surface area (Å²) in [5, 5.41) is 3.27. The first-order valence-electron chi connectivity index (χ1n) is 6.83. The van der Waals surface area contributed by atoms with Crippen molar-refractivity contribution in [1.29, 1.82) is 0 Å². The average Bonchev–Trinajstić information content (AvgIpc) is 2.46. The van der Waals surface area contributed by atoms with Gasteiger partial charge >= 0.3 is 0 Å². The van der Waals surface area contributed by atoms with Crippen LogP contribution in [0.1, 0.15) is 18.4 Å². The minimum atomic E-state index is 0. The fourth-order valence-corrected chi connectivity index (χ4v) is 3.11. The molecule has 1 heterocycles. The fourth-order valence-electron chi connectivity index (χ4n) is 2.31. The molecule has 1 N–H and O–H groups in total. The highest BCUT2D eigenvalue weighted by atomic mass is 35.5. The van der Waals surface area contributed by atoms with Crippen LogP contribution in [0.15, 0.2) is 29.2 Å². The van der Waals surface area contributed by atoms with Crippen LogP contribution in [0.4, 0.5) is 0 Å². The highest BCUT2D eigenvalue weighted by molar-refractivity contribution is 8.00. The number of carbonyl (C=O) groups is 1. The summed E-state index contributed by atoms with van der Waals surface area (Å²) in [5.41, 5.74) is 1.25. The Balaban J connectivity index is 0.00000200. The molecule has 0 bridgehead atoms. The quantitative estimate of drug-likeness (QED) is 0.867. The van der Waals surface area contributed by atoms with Gasteiger partial charge in [-0.1, -0.05) is 17.7 Å². The predicted octanol–water partition coefficient (Wildman–Crippen LogP) is 2.72. The molecule has 0 radical (unpaired) electrons. The number of hydrogen-bond donors (Lipinski definition) is 1. The van der Waals surface area contributed by atoms with Gasteiger partial charge in [-0.25, -0.2) is 0 Å². The van der Waals surface area contributed by atoms with Gasteiger partial charge in [-0.05, 0) is 38.9 Å². The van der Waals surface area contributed by atoms with Crippen molar-refractivity contribution < 1.29 is 4.79 Å². The first kappa shape index (κ1) is 17.3. The molecule has 1 aliphatic heterocycles. The number of nitrogens with one attached hydrogen (secondary N) is 1. The van der Waals surface area contributed by atoms with Crippen LogP contribution in [0.25, 0.3) is 0 Å². The van der Waals surface area contributed by atoms with E-state index in [4.69, 9.17) is 0 Å². The van der Waals surface area contributed by atoms with Gasteiger partial charge in [0.15, 0.2) is 0 Å². The lowest BCUT2D eigenvalue weighted by Crippen LogP contribution is -2.47. The van der Waals surface area contributed by atoms with Crippen LogP contribution >= 0.6 is 24.2 Å². The van der Waals surface area contributed by atoms with Gasteiger partial charge in [0.25, 0.3) is 0 Å². The average molecular weight is 315 g/mol. The molecular weight excluding hydrogens is 292 g/mol. The second-order valence-electron chi connectivity index (χ2n) is 5.07. The van der Waals surface area contributed by atoms with Crippen LogP contribution in [0.5, 0.6) is 0 Å². The van der Waals surface area contributed by atoms with Crippen LogP contribution in [-0.4, -0.2) is 42.7 Å². The maximum atomic E-state index is 12.2. The summed E-state index contributed by atoms with van der Waals surface area (Å²) in [6.07, 6.45) is 2.28. The van der Waals surface area contributed by atoms with E-state index in [0.29, 0.717) is 11.8 Å². The maximum Gasteiger partial charge on any atom is 0.232 e. The number of thioether (sulfide) groups is 1. The van der Waals surface area contributed by atoms with Crippen LogP contribution in [-0.2, 0) is 4.79 Å². The molecular formula is C15H23ClN2OS. The topological polar surface area (TPSA) is 32.3 Å². The van der Waals surface area contributed by atoms with Crippen molar-refractivity contribution in [1.82, 2.24) is 10.2 Å². The van der Waals surface area contributed by atoms with Gasteiger partial charge in [-0.2, -0.15) is 0 Å². The van der Waals surface area contributed by atoms with Gasteiger partial charge in [-0.3, -0.25) is 4.79 Å². The number of benzene rings is 1. The van der Waals surface area contributed by atoms with Crippen LogP contribution < -0.4 is 5.32 Å². The van der Waals surface area contributed by atoms with E-state index < -0.39 is 0 Å². The molecule has 0 aromatic heterocycles. The molecule has 1 amide bonds. The van der Waals surface area contributed by atoms with Gasteiger partial charge in [0.1, 0.15) is 0 Å². The predicted molar refractivity (Wildman–Crippen MR) is 87.8 cm³/mol. The molecule has 5 heteroatoms. The first-order chi connectivity index (χ1) is 9.19. The second-order valence-corrected chi connectivity index (χ2v) is 6.12. The summed E-state index contributed by atoms with van der Waals surface area (Å²) in [6.45, 7) is 3.83. The molecule has 20 heavy (non-hydrogen) atoms. The Kier molecular flexibility index (Phi) is 7.41. The number of rotatable bonds is 4. The lowest BCUT2D eigenvalue weighted by atomic mass is 10.1. The number of hydrogen-bond acceptors (Lipinski definition) is 3. The number of carbonyl (C=O) groups excluding carboxylic acids is 1. The number of likely N-dealkylation sites (tertiary alicyclic amines) is 1. The molecule has 1 fully saturated rings. The summed E-state index contributed by atoms with van der Waals surface area (Å²) >= 11 is 1.63. The Morgan fingerprint density at radius 2 is 2.10 bits per heavy atom. The third-order valence-electron chi connectivity index (χ3n) is 3.57. The Hall–Kier alpha value is -0.710. The Labute approximate surface area is 131 Å². The van der Waals surface area contributed by atoms with Gasteiger partial charge in [0, 0.05) is 24.0 Å². The summed E-state index contributed by atoms with van der Waals surface area (Å²) in [4.78, 5) is 15.3. The van der Waals surface area contributed by atoms with E-state index in [1.807, 2.05) is 11.9 Å². The molecule has 2 rings (SSSR count). The monoisotopic (exact) mass is 314 g/mol. The van der Waals surface area contributed by atoms with Gasteiger partial charge in [-0.15, -0.1) is 24.2 Å². The number of piperidine rings is 1. The van der Waals surface area contributed by atoms with Gasteiger partial charge in [0.05, 0.1) is 5.75 Å². The molecule has 1 atom stereocenters. The van der Waals surface area contributed by atoms with E-state index in [2.05, 4.69) is 36.5 Å². The smallest absolute Gasteiger partial charge is 0.232 e. The molecule has 1 aliphatic rings. The van der Waals surface area contributed by atoms with Crippen molar-refractivity contribution in [3.63, 3.8) is 0 Å². The zero-order valence-electron chi connectivity index (χ0n) is 12.1. The normalized spacial score (nSPS) is 18.5. The maximum absolute atomic E-state index is 12.2. The number of halogens is 1. The number of nitrogens with zero attached hydrogens (tertiary/aromatic N) is 1. The summed E-state index contributed by atoms with van der Waals surface area (Å²) < 4.78 is 0. The van der Waals surface area contributed by atoms with Crippen molar-refractivity contribution in [3.8, 4) is 0 Å². The summed E-state index contributed by atoms with van der Waals surface area (Å²) in [6, 6.07) is 8.80. The van der Waals surface area contributed by atoms with Crippen molar-refractivity contribution in [2.24, 2.45) is 0 Å². The molecule has 3 nitrogen and oxygen atoms in total. The van der Waals surface area contributed by atoms with E-state index in [1.54, 1.807) is 11.8 Å². The van der Waals surface area contributed by atoms with E-state index in [1.165, 1.54) is 16.9 Å². The largest absolute Gasteiger partial charge is 0.340 e. The van der Waals surface area contributed by atoms with Crippen LogP contribution in [0, 0.1) is 6.92 Å². The molecule has 0 spiro atoms. The van der Waals surface area contributed by atoms with Crippen molar-refractivity contribution in [3.05, 3.63) is 29.8 Å². The van der Waals surface area contributed by atoms with Gasteiger partial charge in [0.2, 0.25) is 5.91 Å². The Bertz CT molecular complexity index is 424. The molecule has 1 saturated heterocycles. The molecule has 112 valence electrons. The van der Waals surface area contributed by atoms with Crippen LogP contribution in [0.2, 0.25) is 0 Å². The zero-order chi connectivity index (χ0) is 13.7. The summed E-state index contributed by atoms with van der Waals surface area (Å²) in [5.74, 6) is 0.796. The minimum absolute atomic E-state index is 0. The SMILES string of the molecule is CNC1CCCN(C(=O)CSc2ccc(C)cc2)C1.Cl. The lowest BCUT2D eigenvalue weighted by molar-refractivity contribution is -0.129. The minimum Gasteiger partial charge on any atom is -0.340 e. The number of aryl methyl sites for hydroxylation is 1. The van der Waals surface area contributed by atoms with Crippen LogP contribution in [0.3, 0.4) is 0 Å². The van der Waals surface area contributed by atoms with Crippen molar-refractivity contribution in [2.75, 3.05) is 25.9 Å². The lowest BCUT2D eigenvalue weighted by Gasteiger charge is -2.32. The third-order valence-corrected chi connectivity index (χ3v) is 4.56. The Morgan fingerprint density at radius 3 is 2.75 bits per heavy atom. The highest BCUT2D eigenvalue weighted by Gasteiger charge is 2.22. The second kappa shape index (κ2) is 8.55. The Morgan fingerprint density at radius 1 is 1.40 bits per heavy atom. The van der Waals surface area contributed by atoms with E-state index in [9.17, 15) is 4.79 Å². The standard InChI is InChI=1S/C15H22N2OS.ClH/c1-12-5-7-14(8-6-12)19-11-15(18)17-9-3-4-13(10-17)16-2;/h5-8,13,16H,3-4,9-11H2,1-2H3;1H. The molecule has 0 aliphatic carbocycles. The fraction of sp³-hybridized carbons (Fsp3) is 0.533. The summed E-state index contributed by atoms with van der Waals surface area (Å²) in [7, 11) is 1.97. The van der Waals surface area contributed by atoms with Crippen molar-refractivity contribution >= 4 is 30.1 Å². The van der Waals surface area contributed by atoms with Crippen molar-refractivity contribution in [2.45, 2.75) is 30.7 Å². The number of likely N-dealkylation sites (N-methyl/N-ethyl adjacent to an activating group) is 1. The molecule has 1 aromatic rings. The highest BCUT2D eigenvalue weighted by Crippen LogP contribution is 2.19. The molecule has 1 unspecified atom stereocenters. The van der Waals surface area contributed by atoms with E-state index in [-0.39, 0.29) is 18.3 Å². The molecule has 0 saturated carbocycles. The van der Waals surface area contributed by atoms with E-state index >= 15 is 0 Å².